The summed E-state index contributed by atoms with van der Waals surface area (Å²) in [6, 6.07) is 12.2. The third kappa shape index (κ3) is 4.25. The van der Waals surface area contributed by atoms with Crippen molar-refractivity contribution in [2.75, 3.05) is 18.4 Å². The zero-order valence-electron chi connectivity index (χ0n) is 18.3. The van der Waals surface area contributed by atoms with Crippen molar-refractivity contribution >= 4 is 17.7 Å². The summed E-state index contributed by atoms with van der Waals surface area (Å²) in [5.41, 5.74) is -2.80. The minimum atomic E-state index is -1.81. The Morgan fingerprint density at radius 2 is 1.84 bits per heavy atom. The molecule has 170 valence electrons. The van der Waals surface area contributed by atoms with Gasteiger partial charge in [0.1, 0.15) is 0 Å². The van der Waals surface area contributed by atoms with E-state index in [2.05, 4.69) is 20.8 Å². The van der Waals surface area contributed by atoms with Gasteiger partial charge in [-0.1, -0.05) is 43.2 Å². The molecule has 0 spiro atoms. The van der Waals surface area contributed by atoms with E-state index in [0.717, 1.165) is 32.2 Å². The number of hydrogen-bond donors (Lipinski definition) is 3. The first-order valence-corrected chi connectivity index (χ1v) is 11.3. The van der Waals surface area contributed by atoms with Crippen molar-refractivity contribution in [3.8, 4) is 0 Å². The first kappa shape index (κ1) is 22.4. The highest BCUT2D eigenvalue weighted by Gasteiger charge is 2.53. The molecule has 0 radical (unpaired) electrons. The summed E-state index contributed by atoms with van der Waals surface area (Å²) in [5.74, 6) is -1.49. The van der Waals surface area contributed by atoms with Gasteiger partial charge in [0, 0.05) is 24.6 Å². The van der Waals surface area contributed by atoms with Crippen LogP contribution in [0.3, 0.4) is 0 Å². The largest absolute Gasteiger partial charge is 0.446 e. The number of rotatable bonds is 7. The monoisotopic (exact) mass is 438 g/mol. The fraction of sp³-hybridized carbons (Fsp3) is 0.500. The van der Waals surface area contributed by atoms with E-state index in [0.29, 0.717) is 18.5 Å². The smallest absolute Gasteiger partial charge is 0.344 e. The molecular weight excluding hydrogens is 408 g/mol. The molecule has 2 aromatic rings. The van der Waals surface area contributed by atoms with E-state index in [-0.39, 0.29) is 17.7 Å². The number of aliphatic hydroxyl groups is 1. The molecule has 1 unspecified atom stereocenters. The number of aromatic nitrogens is 2. The summed E-state index contributed by atoms with van der Waals surface area (Å²) in [7, 11) is 0. The molecule has 8 heteroatoms. The maximum atomic E-state index is 13.7. The molecule has 2 fully saturated rings. The van der Waals surface area contributed by atoms with Crippen LogP contribution < -0.4 is 10.6 Å². The third-order valence-corrected chi connectivity index (χ3v) is 6.88. The topological polar surface area (TPSA) is 113 Å². The van der Waals surface area contributed by atoms with Gasteiger partial charge in [-0.3, -0.25) is 4.79 Å². The summed E-state index contributed by atoms with van der Waals surface area (Å²) in [6.45, 7) is 2.88. The van der Waals surface area contributed by atoms with E-state index in [9.17, 15) is 14.7 Å². The van der Waals surface area contributed by atoms with E-state index >= 15 is 0 Å². The van der Waals surface area contributed by atoms with Gasteiger partial charge in [-0.25, -0.2) is 4.79 Å². The molecule has 4 rings (SSSR count). The Kier molecular flexibility index (Phi) is 6.53. The molecule has 1 aliphatic heterocycles. The second-order valence-corrected chi connectivity index (χ2v) is 8.86. The van der Waals surface area contributed by atoms with Crippen LogP contribution in [0.15, 0.2) is 48.7 Å². The predicted octanol–water partition coefficient (Wildman–Crippen LogP) is 2.40. The summed E-state index contributed by atoms with van der Waals surface area (Å²) in [5, 5.41) is 25.4. The van der Waals surface area contributed by atoms with E-state index in [4.69, 9.17) is 4.74 Å². The fourth-order valence-corrected chi connectivity index (χ4v) is 4.87. The lowest BCUT2D eigenvalue weighted by molar-refractivity contribution is -0.194. The molecular formula is C24H30N4O4. The highest BCUT2D eigenvalue weighted by molar-refractivity contribution is 5.98. The van der Waals surface area contributed by atoms with Crippen LogP contribution in [0.5, 0.6) is 0 Å². The molecule has 32 heavy (non-hydrogen) atoms. The average Bonchev–Trinajstić information content (AvgIpc) is 3.54. The van der Waals surface area contributed by atoms with Crippen LogP contribution in [0.1, 0.15) is 44.6 Å². The normalized spacial score (nSPS) is 22.6. The Morgan fingerprint density at radius 3 is 2.47 bits per heavy atom. The number of ether oxygens (including phenoxy) is 1. The van der Waals surface area contributed by atoms with E-state index in [1.54, 1.807) is 43.3 Å². The molecule has 1 aromatic carbocycles. The van der Waals surface area contributed by atoms with Gasteiger partial charge in [0.05, 0.1) is 0 Å². The van der Waals surface area contributed by atoms with Crippen LogP contribution in [0.25, 0.3) is 0 Å². The van der Waals surface area contributed by atoms with Crippen LogP contribution in [-0.2, 0) is 19.9 Å². The Hall–Kier alpha value is -2.84. The molecule has 2 heterocycles. The summed E-state index contributed by atoms with van der Waals surface area (Å²) >= 11 is 0. The third-order valence-electron chi connectivity index (χ3n) is 6.88. The number of amides is 1. The van der Waals surface area contributed by atoms with Crippen LogP contribution in [0.4, 0.5) is 5.82 Å². The van der Waals surface area contributed by atoms with Crippen molar-refractivity contribution in [2.45, 2.75) is 50.2 Å². The van der Waals surface area contributed by atoms with Crippen molar-refractivity contribution in [1.82, 2.24) is 15.5 Å². The van der Waals surface area contributed by atoms with Gasteiger partial charge in [-0.05, 0) is 50.4 Å². The number of esters is 1. The molecule has 2 aliphatic rings. The molecule has 3 atom stereocenters. The lowest BCUT2D eigenvalue weighted by Crippen LogP contribution is -2.55. The summed E-state index contributed by atoms with van der Waals surface area (Å²) in [4.78, 5) is 27.1. The SMILES string of the molecule is C[C@@](OC(=O)[C@](O)(c1ccccc1)C1CCCC1)(C(=O)Nc1cccnn1)C1CCNC1. The number of nitrogens with zero attached hydrogens (tertiary/aromatic N) is 2. The van der Waals surface area contributed by atoms with Crippen molar-refractivity contribution in [1.29, 1.82) is 0 Å². The van der Waals surface area contributed by atoms with Crippen molar-refractivity contribution in [3.63, 3.8) is 0 Å². The molecule has 1 aliphatic carbocycles. The Morgan fingerprint density at radius 1 is 1.09 bits per heavy atom. The summed E-state index contributed by atoms with van der Waals surface area (Å²) in [6.07, 6.45) is 5.54. The zero-order chi connectivity index (χ0) is 22.6. The highest BCUT2D eigenvalue weighted by atomic mass is 16.6. The second-order valence-electron chi connectivity index (χ2n) is 8.86. The number of hydrogen-bond acceptors (Lipinski definition) is 7. The number of carbonyl (C=O) groups excluding carboxylic acids is 2. The van der Waals surface area contributed by atoms with E-state index < -0.39 is 23.1 Å². The summed E-state index contributed by atoms with van der Waals surface area (Å²) < 4.78 is 6.00. The van der Waals surface area contributed by atoms with Gasteiger partial charge in [0.15, 0.2) is 17.0 Å². The molecule has 1 saturated heterocycles. The van der Waals surface area contributed by atoms with Crippen molar-refractivity contribution in [3.05, 3.63) is 54.2 Å². The molecule has 3 N–H and O–H groups in total. The van der Waals surface area contributed by atoms with Crippen LogP contribution >= 0.6 is 0 Å². The number of nitrogens with one attached hydrogen (secondary N) is 2. The van der Waals surface area contributed by atoms with E-state index in [1.165, 1.54) is 6.20 Å². The van der Waals surface area contributed by atoms with Gasteiger partial charge in [-0.2, -0.15) is 5.10 Å². The maximum absolute atomic E-state index is 13.7. The minimum absolute atomic E-state index is 0.244. The first-order chi connectivity index (χ1) is 15.4. The molecule has 8 nitrogen and oxygen atoms in total. The van der Waals surface area contributed by atoms with Crippen molar-refractivity contribution in [2.24, 2.45) is 11.8 Å². The quantitative estimate of drug-likeness (QED) is 0.569. The minimum Gasteiger partial charge on any atom is -0.446 e. The first-order valence-electron chi connectivity index (χ1n) is 11.3. The Labute approximate surface area is 187 Å². The van der Waals surface area contributed by atoms with Gasteiger partial charge in [0.2, 0.25) is 0 Å². The molecule has 0 bridgehead atoms. The number of anilines is 1. The number of benzene rings is 1. The highest BCUT2D eigenvalue weighted by Crippen LogP contribution is 2.43. The maximum Gasteiger partial charge on any atom is 0.344 e. The van der Waals surface area contributed by atoms with Crippen LogP contribution in [0, 0.1) is 11.8 Å². The number of carbonyl (C=O) groups is 2. The van der Waals surface area contributed by atoms with Gasteiger partial charge in [0.25, 0.3) is 5.91 Å². The van der Waals surface area contributed by atoms with Crippen LogP contribution in [-0.4, -0.2) is 45.9 Å². The second kappa shape index (κ2) is 9.34. The van der Waals surface area contributed by atoms with Crippen LogP contribution in [0.2, 0.25) is 0 Å². The molecule has 1 saturated carbocycles. The fourth-order valence-electron chi connectivity index (χ4n) is 4.87. The Balaban J connectivity index is 1.65. The molecule has 1 aromatic heterocycles. The Bertz CT molecular complexity index is 930. The standard InChI is InChI=1S/C24H30N4O4/c1-23(19-13-15-25-16-19,21(29)27-20-12-7-14-26-28-20)32-22(30)24(31,18-10-5-6-11-18)17-8-3-2-4-9-17/h2-4,7-9,12,14,18-19,25,31H,5-6,10-11,13,15-16H2,1H3,(H,27,28,29)/t19?,23-,24-/m0/s1. The predicted molar refractivity (Wildman–Crippen MR) is 118 cm³/mol. The lowest BCUT2D eigenvalue weighted by Gasteiger charge is -2.38. The van der Waals surface area contributed by atoms with E-state index in [1.807, 2.05) is 6.07 Å². The average molecular weight is 439 g/mol. The van der Waals surface area contributed by atoms with Gasteiger partial charge >= 0.3 is 5.97 Å². The van der Waals surface area contributed by atoms with Gasteiger partial charge in [-0.15, -0.1) is 5.10 Å². The van der Waals surface area contributed by atoms with Crippen molar-refractivity contribution < 1.29 is 19.4 Å². The molecule has 1 amide bonds. The zero-order valence-corrected chi connectivity index (χ0v) is 18.3. The van der Waals surface area contributed by atoms with Gasteiger partial charge < -0.3 is 20.5 Å². The lowest BCUT2D eigenvalue weighted by atomic mass is 9.79.